The van der Waals surface area contributed by atoms with Gasteiger partial charge in [-0.15, -0.1) is 0 Å². The van der Waals surface area contributed by atoms with Gasteiger partial charge < -0.3 is 10.6 Å². The van der Waals surface area contributed by atoms with Crippen molar-refractivity contribution in [3.05, 3.63) is 17.5 Å². The van der Waals surface area contributed by atoms with E-state index < -0.39 is 5.91 Å². The van der Waals surface area contributed by atoms with Gasteiger partial charge in [-0.05, 0) is 0 Å². The van der Waals surface area contributed by atoms with Gasteiger partial charge >= 0.3 is 0 Å². The number of amides is 2. The quantitative estimate of drug-likeness (QED) is 0.673. The lowest BCUT2D eigenvalue weighted by Crippen LogP contribution is -2.25. The molecule has 1 aromatic rings. The van der Waals surface area contributed by atoms with Crippen molar-refractivity contribution in [1.82, 2.24) is 14.7 Å². The molecule has 0 aliphatic heterocycles. The minimum atomic E-state index is -0.650. The number of hydrogen-bond donors (Lipinski definition) is 1. The van der Waals surface area contributed by atoms with Gasteiger partial charge in [0.05, 0.1) is 5.56 Å². The molecule has 6 nitrogen and oxygen atoms in total. The zero-order valence-electron chi connectivity index (χ0n) is 8.31. The van der Waals surface area contributed by atoms with Crippen LogP contribution < -0.4 is 5.73 Å². The Bertz CT molecular complexity index is 381. The Kier molecular flexibility index (Phi) is 2.55. The molecular formula is C8H12N4O2. The highest BCUT2D eigenvalue weighted by atomic mass is 16.2. The van der Waals surface area contributed by atoms with Gasteiger partial charge in [0, 0.05) is 27.3 Å². The van der Waals surface area contributed by atoms with Crippen molar-refractivity contribution in [3.8, 4) is 0 Å². The van der Waals surface area contributed by atoms with E-state index in [-0.39, 0.29) is 17.2 Å². The van der Waals surface area contributed by atoms with Gasteiger partial charge in [0.15, 0.2) is 5.69 Å². The maximum atomic E-state index is 11.5. The Morgan fingerprint density at radius 3 is 2.50 bits per heavy atom. The van der Waals surface area contributed by atoms with Crippen molar-refractivity contribution >= 4 is 11.8 Å². The molecule has 0 aliphatic rings. The van der Waals surface area contributed by atoms with Crippen LogP contribution >= 0.6 is 0 Å². The summed E-state index contributed by atoms with van der Waals surface area (Å²) in [7, 11) is 4.79. The molecule has 2 N–H and O–H groups in total. The second kappa shape index (κ2) is 3.49. The third kappa shape index (κ3) is 1.73. The molecule has 1 rings (SSSR count). The van der Waals surface area contributed by atoms with Gasteiger partial charge in [-0.1, -0.05) is 0 Å². The Balaban J connectivity index is 3.20. The van der Waals surface area contributed by atoms with Crippen LogP contribution in [-0.4, -0.2) is 40.6 Å². The minimum Gasteiger partial charge on any atom is -0.365 e. The van der Waals surface area contributed by atoms with Crippen LogP contribution in [0, 0.1) is 0 Å². The lowest BCUT2D eigenvalue weighted by Gasteiger charge is -2.07. The van der Waals surface area contributed by atoms with Gasteiger partial charge in [-0.2, -0.15) is 5.10 Å². The Labute approximate surface area is 81.3 Å². The van der Waals surface area contributed by atoms with Crippen LogP contribution in [-0.2, 0) is 7.05 Å². The van der Waals surface area contributed by atoms with Gasteiger partial charge in [-0.25, -0.2) is 0 Å². The molecule has 1 aromatic heterocycles. The van der Waals surface area contributed by atoms with Crippen molar-refractivity contribution in [1.29, 1.82) is 0 Å². The molecule has 1 heterocycles. The third-order valence-corrected chi connectivity index (χ3v) is 1.70. The molecule has 6 heteroatoms. The van der Waals surface area contributed by atoms with E-state index in [1.54, 1.807) is 21.1 Å². The number of carbonyl (C=O) groups is 2. The highest BCUT2D eigenvalue weighted by molar-refractivity contribution is 6.05. The predicted octanol–water partition coefficient (Wildman–Crippen LogP) is -0.779. The standard InChI is InChI=1S/C8H12N4O2/c1-11(2)8(14)6-5(7(9)13)4-12(3)10-6/h4H,1-3H3,(H2,9,13). The second-order valence-electron chi connectivity index (χ2n) is 3.13. The maximum Gasteiger partial charge on any atom is 0.274 e. The fraction of sp³-hybridized carbons (Fsp3) is 0.375. The van der Waals surface area contributed by atoms with E-state index in [1.165, 1.54) is 15.8 Å². The van der Waals surface area contributed by atoms with Gasteiger partial charge in [0.25, 0.3) is 11.8 Å². The van der Waals surface area contributed by atoms with Crippen molar-refractivity contribution in [2.45, 2.75) is 0 Å². The molecule has 0 bridgehead atoms. The molecular weight excluding hydrogens is 184 g/mol. The van der Waals surface area contributed by atoms with Gasteiger partial charge in [0.1, 0.15) is 0 Å². The first kappa shape index (κ1) is 10.2. The van der Waals surface area contributed by atoms with E-state index >= 15 is 0 Å². The molecule has 0 spiro atoms. The fourth-order valence-corrected chi connectivity index (χ4v) is 1.04. The van der Waals surface area contributed by atoms with Crippen LogP contribution in [0.3, 0.4) is 0 Å². The van der Waals surface area contributed by atoms with Crippen LogP contribution in [0.5, 0.6) is 0 Å². The molecule has 0 saturated heterocycles. The fourth-order valence-electron chi connectivity index (χ4n) is 1.04. The summed E-state index contributed by atoms with van der Waals surface area (Å²) < 4.78 is 1.39. The average Bonchev–Trinajstić information content (AvgIpc) is 2.45. The van der Waals surface area contributed by atoms with Crippen LogP contribution in [0.2, 0.25) is 0 Å². The summed E-state index contributed by atoms with van der Waals surface area (Å²) in [5.74, 6) is -0.984. The van der Waals surface area contributed by atoms with Gasteiger partial charge in [0.2, 0.25) is 0 Å². The number of aryl methyl sites for hydroxylation is 1. The summed E-state index contributed by atoms with van der Waals surface area (Å²) in [5.41, 5.74) is 5.34. The topological polar surface area (TPSA) is 81.2 Å². The molecule has 0 aromatic carbocycles. The molecule has 0 atom stereocenters. The Morgan fingerprint density at radius 1 is 1.50 bits per heavy atom. The summed E-state index contributed by atoms with van der Waals surface area (Å²) in [6, 6.07) is 0. The zero-order chi connectivity index (χ0) is 10.9. The molecule has 0 unspecified atom stereocenters. The van der Waals surface area contributed by atoms with E-state index in [2.05, 4.69) is 5.10 Å². The average molecular weight is 196 g/mol. The van der Waals surface area contributed by atoms with E-state index in [1.807, 2.05) is 0 Å². The van der Waals surface area contributed by atoms with Crippen molar-refractivity contribution in [2.75, 3.05) is 14.1 Å². The summed E-state index contributed by atoms with van der Waals surface area (Å²) in [6.07, 6.45) is 1.43. The number of nitrogens with two attached hydrogens (primary N) is 1. The second-order valence-corrected chi connectivity index (χ2v) is 3.13. The molecule has 0 radical (unpaired) electrons. The smallest absolute Gasteiger partial charge is 0.274 e. The third-order valence-electron chi connectivity index (χ3n) is 1.70. The largest absolute Gasteiger partial charge is 0.365 e. The van der Waals surface area contributed by atoms with Crippen molar-refractivity contribution < 1.29 is 9.59 Å². The van der Waals surface area contributed by atoms with E-state index in [0.717, 1.165) is 0 Å². The number of rotatable bonds is 2. The van der Waals surface area contributed by atoms with Crippen LogP contribution in [0.15, 0.2) is 6.20 Å². The van der Waals surface area contributed by atoms with Crippen LogP contribution in [0.4, 0.5) is 0 Å². The maximum absolute atomic E-state index is 11.5. The van der Waals surface area contributed by atoms with Crippen LogP contribution in [0.1, 0.15) is 20.8 Å². The summed E-state index contributed by atoms with van der Waals surface area (Å²) in [5, 5.41) is 3.88. The molecule has 76 valence electrons. The van der Waals surface area contributed by atoms with E-state index in [9.17, 15) is 9.59 Å². The van der Waals surface area contributed by atoms with Crippen molar-refractivity contribution in [2.24, 2.45) is 12.8 Å². The first-order chi connectivity index (χ1) is 6.43. The minimum absolute atomic E-state index is 0.0880. The van der Waals surface area contributed by atoms with Crippen LogP contribution in [0.25, 0.3) is 0 Å². The summed E-state index contributed by atoms with van der Waals surface area (Å²) in [4.78, 5) is 23.8. The first-order valence-corrected chi connectivity index (χ1v) is 3.98. The Hall–Kier alpha value is -1.85. The Morgan fingerprint density at radius 2 is 2.07 bits per heavy atom. The summed E-state index contributed by atoms with van der Waals surface area (Å²) in [6.45, 7) is 0. The molecule has 0 fully saturated rings. The SMILES string of the molecule is CN(C)C(=O)c1nn(C)cc1C(N)=O. The van der Waals surface area contributed by atoms with Crippen molar-refractivity contribution in [3.63, 3.8) is 0 Å². The normalized spacial score (nSPS) is 9.93. The number of hydrogen-bond acceptors (Lipinski definition) is 3. The zero-order valence-corrected chi connectivity index (χ0v) is 8.31. The lowest BCUT2D eigenvalue weighted by molar-refractivity contribution is 0.0814. The molecule has 0 aliphatic carbocycles. The number of carbonyl (C=O) groups excluding carboxylic acids is 2. The molecule has 0 saturated carbocycles. The molecule has 14 heavy (non-hydrogen) atoms. The van der Waals surface area contributed by atoms with E-state index in [4.69, 9.17) is 5.73 Å². The summed E-state index contributed by atoms with van der Waals surface area (Å²) >= 11 is 0. The number of primary amides is 1. The highest BCUT2D eigenvalue weighted by Gasteiger charge is 2.20. The molecule has 2 amide bonds. The van der Waals surface area contributed by atoms with E-state index in [0.29, 0.717) is 0 Å². The van der Waals surface area contributed by atoms with Gasteiger partial charge in [-0.3, -0.25) is 14.3 Å². The lowest BCUT2D eigenvalue weighted by atomic mass is 10.2. The number of nitrogens with zero attached hydrogens (tertiary/aromatic N) is 3. The first-order valence-electron chi connectivity index (χ1n) is 3.98. The highest BCUT2D eigenvalue weighted by Crippen LogP contribution is 2.07. The number of aromatic nitrogens is 2. The predicted molar refractivity (Wildman–Crippen MR) is 49.7 cm³/mol. The monoisotopic (exact) mass is 196 g/mol.